The number of ketones is 1. The van der Waals surface area contributed by atoms with E-state index in [9.17, 15) is 14.4 Å². The van der Waals surface area contributed by atoms with Gasteiger partial charge in [-0.15, -0.1) is 0 Å². The molecule has 1 aromatic heterocycles. The lowest BCUT2D eigenvalue weighted by Crippen LogP contribution is -2.22. The van der Waals surface area contributed by atoms with Crippen LogP contribution in [0, 0.1) is 0 Å². The maximum Gasteiger partial charge on any atom is 0.340 e. The minimum atomic E-state index is -0.606. The Morgan fingerprint density at radius 2 is 1.64 bits per heavy atom. The highest BCUT2D eigenvalue weighted by molar-refractivity contribution is 6.18. The van der Waals surface area contributed by atoms with Crippen molar-refractivity contribution in [1.82, 2.24) is 4.98 Å². The van der Waals surface area contributed by atoms with Gasteiger partial charge < -0.3 is 18.9 Å². The van der Waals surface area contributed by atoms with Crippen LogP contribution in [0.5, 0.6) is 11.5 Å². The summed E-state index contributed by atoms with van der Waals surface area (Å²) in [5.41, 5.74) is 0.726. The number of hydrogen-bond acceptors (Lipinski definition) is 8. The van der Waals surface area contributed by atoms with Crippen molar-refractivity contribution in [3.8, 4) is 11.5 Å². The van der Waals surface area contributed by atoms with Gasteiger partial charge in [0.1, 0.15) is 11.3 Å². The summed E-state index contributed by atoms with van der Waals surface area (Å²) in [6.45, 7) is 7.25. The maximum absolute atomic E-state index is 13.5. The van der Waals surface area contributed by atoms with Gasteiger partial charge in [-0.25, -0.2) is 9.59 Å². The molecule has 3 rings (SSSR count). The van der Waals surface area contributed by atoms with Crippen molar-refractivity contribution in [3.63, 3.8) is 0 Å². The molecule has 0 amide bonds. The van der Waals surface area contributed by atoms with Gasteiger partial charge in [0, 0.05) is 28.6 Å². The number of hydrogen-bond donors (Lipinski definition) is 0. The lowest BCUT2D eigenvalue weighted by molar-refractivity contribution is -0.148. The van der Waals surface area contributed by atoms with Crippen molar-refractivity contribution in [1.29, 1.82) is 0 Å². The fourth-order valence-corrected chi connectivity index (χ4v) is 3.54. The van der Waals surface area contributed by atoms with Gasteiger partial charge in [0.15, 0.2) is 11.5 Å². The molecule has 0 aliphatic carbocycles. The maximum atomic E-state index is 13.5. The average Bonchev–Trinajstić information content (AvgIpc) is 2.84. The molecule has 0 saturated carbocycles. The third-order valence-corrected chi connectivity index (χ3v) is 5.07. The van der Waals surface area contributed by atoms with Gasteiger partial charge in [-0.2, -0.15) is 0 Å². The Kier molecular flexibility index (Phi) is 8.09. The van der Waals surface area contributed by atoms with Crippen LogP contribution >= 0.6 is 0 Å². The van der Waals surface area contributed by atoms with E-state index in [1.807, 2.05) is 0 Å². The fourth-order valence-electron chi connectivity index (χ4n) is 3.54. The van der Waals surface area contributed by atoms with Crippen LogP contribution in [0.1, 0.15) is 59.7 Å². The Balaban J connectivity index is 2.06. The highest BCUT2D eigenvalue weighted by atomic mass is 16.6. The molecule has 8 heteroatoms. The van der Waals surface area contributed by atoms with Crippen LogP contribution in [0.25, 0.3) is 16.8 Å². The van der Waals surface area contributed by atoms with Crippen LogP contribution in [-0.2, 0) is 14.3 Å². The van der Waals surface area contributed by atoms with Crippen molar-refractivity contribution in [2.75, 3.05) is 20.8 Å². The van der Waals surface area contributed by atoms with Crippen molar-refractivity contribution >= 4 is 34.6 Å². The molecule has 188 valence electrons. The molecule has 0 atom stereocenters. The first-order valence-electron chi connectivity index (χ1n) is 11.4. The molecule has 0 aliphatic rings. The van der Waals surface area contributed by atoms with E-state index < -0.39 is 17.5 Å². The number of aromatic nitrogens is 1. The highest BCUT2D eigenvalue weighted by Gasteiger charge is 2.22. The number of carbonyl (C=O) groups excluding carboxylic acids is 3. The van der Waals surface area contributed by atoms with Gasteiger partial charge in [0.05, 0.1) is 26.4 Å². The van der Waals surface area contributed by atoms with Crippen molar-refractivity contribution in [3.05, 3.63) is 71.1 Å². The van der Waals surface area contributed by atoms with Crippen LogP contribution in [0.2, 0.25) is 0 Å². The first-order valence-corrected chi connectivity index (χ1v) is 11.4. The van der Waals surface area contributed by atoms with E-state index >= 15 is 0 Å². The Morgan fingerprint density at radius 3 is 2.25 bits per heavy atom. The molecular weight excluding hydrogens is 462 g/mol. The van der Waals surface area contributed by atoms with Gasteiger partial charge in [-0.05, 0) is 57.5 Å². The summed E-state index contributed by atoms with van der Waals surface area (Å²) in [4.78, 5) is 42.4. The minimum Gasteiger partial charge on any atom is -0.493 e. The molecule has 0 bridgehead atoms. The second kappa shape index (κ2) is 11.0. The van der Waals surface area contributed by atoms with Crippen LogP contribution in [0.4, 0.5) is 0 Å². The van der Waals surface area contributed by atoms with Gasteiger partial charge >= 0.3 is 11.9 Å². The van der Waals surface area contributed by atoms with E-state index in [0.717, 1.165) is 0 Å². The molecule has 2 aromatic carbocycles. The largest absolute Gasteiger partial charge is 0.493 e. The summed E-state index contributed by atoms with van der Waals surface area (Å²) in [6.07, 6.45) is 4.22. The molecule has 0 N–H and O–H groups in total. The number of esters is 2. The predicted molar refractivity (Wildman–Crippen MR) is 136 cm³/mol. The molecule has 0 radical (unpaired) electrons. The topological polar surface area (TPSA) is 101 Å². The molecule has 36 heavy (non-hydrogen) atoms. The molecule has 3 aromatic rings. The normalized spacial score (nSPS) is 11.4. The molecule has 0 aliphatic heterocycles. The highest BCUT2D eigenvalue weighted by Crippen LogP contribution is 2.35. The summed E-state index contributed by atoms with van der Waals surface area (Å²) in [5, 5.41) is 0.864. The zero-order valence-electron chi connectivity index (χ0n) is 21.2. The lowest BCUT2D eigenvalue weighted by atomic mass is 9.98. The number of methoxy groups -OCH3 is 2. The fraction of sp³-hybridized carbons (Fsp3) is 0.286. The molecule has 0 unspecified atom stereocenters. The Labute approximate surface area is 209 Å². The van der Waals surface area contributed by atoms with Gasteiger partial charge in [0.25, 0.3) is 0 Å². The SMILES string of the molecule is CCOC(=O)c1cnc(C(=O)c2cccc(C=CC(=O)OC(C)(C)C)c2)c2cc(OC)c(OC)cc12. The van der Waals surface area contributed by atoms with Crippen molar-refractivity contribution < 1.29 is 33.3 Å². The number of fused-ring (bicyclic) bond motifs is 1. The third kappa shape index (κ3) is 6.07. The number of pyridine rings is 1. The lowest BCUT2D eigenvalue weighted by Gasteiger charge is -2.17. The quantitative estimate of drug-likeness (QED) is 0.246. The number of rotatable bonds is 8. The van der Waals surface area contributed by atoms with Crippen LogP contribution in [0.3, 0.4) is 0 Å². The minimum absolute atomic E-state index is 0.132. The molecule has 8 nitrogen and oxygen atoms in total. The van der Waals surface area contributed by atoms with Crippen LogP contribution in [0.15, 0.2) is 48.7 Å². The number of ether oxygens (including phenoxy) is 4. The van der Waals surface area contributed by atoms with Crippen molar-refractivity contribution in [2.24, 2.45) is 0 Å². The van der Waals surface area contributed by atoms with E-state index in [2.05, 4.69) is 4.98 Å². The average molecular weight is 492 g/mol. The Hall–Kier alpha value is -4.20. The van der Waals surface area contributed by atoms with Crippen LogP contribution < -0.4 is 9.47 Å². The third-order valence-electron chi connectivity index (χ3n) is 5.07. The number of benzene rings is 2. The molecule has 0 spiro atoms. The van der Waals surface area contributed by atoms with E-state index in [1.54, 1.807) is 70.2 Å². The molecule has 0 saturated heterocycles. The summed E-state index contributed by atoms with van der Waals surface area (Å²) >= 11 is 0. The molecule has 0 fully saturated rings. The Bertz CT molecular complexity index is 1340. The number of nitrogens with zero attached hydrogens (tertiary/aromatic N) is 1. The number of carbonyl (C=O) groups is 3. The van der Waals surface area contributed by atoms with E-state index in [4.69, 9.17) is 18.9 Å². The zero-order chi connectivity index (χ0) is 26.5. The van der Waals surface area contributed by atoms with Gasteiger partial charge in [-0.3, -0.25) is 9.78 Å². The molecule has 1 heterocycles. The second-order valence-electron chi connectivity index (χ2n) is 8.82. The van der Waals surface area contributed by atoms with Crippen LogP contribution in [-0.4, -0.2) is 49.1 Å². The monoisotopic (exact) mass is 491 g/mol. The second-order valence-corrected chi connectivity index (χ2v) is 8.82. The first-order chi connectivity index (χ1) is 17.1. The van der Waals surface area contributed by atoms with E-state index in [0.29, 0.717) is 33.4 Å². The summed E-state index contributed by atoms with van der Waals surface area (Å²) in [7, 11) is 2.96. The van der Waals surface area contributed by atoms with E-state index in [1.165, 1.54) is 26.5 Å². The summed E-state index contributed by atoms with van der Waals surface area (Å²) < 4.78 is 21.2. The smallest absolute Gasteiger partial charge is 0.340 e. The van der Waals surface area contributed by atoms with Gasteiger partial charge in [-0.1, -0.05) is 18.2 Å². The first kappa shape index (κ1) is 26.4. The zero-order valence-corrected chi connectivity index (χ0v) is 21.2. The van der Waals surface area contributed by atoms with E-state index in [-0.39, 0.29) is 23.6 Å². The predicted octanol–water partition coefficient (Wildman–Crippen LogP) is 5.01. The van der Waals surface area contributed by atoms with Gasteiger partial charge in [0.2, 0.25) is 5.78 Å². The summed E-state index contributed by atoms with van der Waals surface area (Å²) in [6, 6.07) is 10.0. The standard InChI is InChI=1S/C28H29NO7/c1-7-35-27(32)21-16-29-25(20-15-23(34-6)22(33-5)14-19(20)21)26(31)18-10-8-9-17(13-18)11-12-24(30)36-28(2,3)4/h8-16H,7H2,1-6H3. The summed E-state index contributed by atoms with van der Waals surface area (Å²) in [5.74, 6) is -0.626. The van der Waals surface area contributed by atoms with Crippen molar-refractivity contribution in [2.45, 2.75) is 33.3 Å². The Morgan fingerprint density at radius 1 is 0.972 bits per heavy atom. The molecular formula is C28H29NO7.